The predicted molar refractivity (Wildman–Crippen MR) is 71.6 cm³/mol. The van der Waals surface area contributed by atoms with Gasteiger partial charge in [-0.2, -0.15) is 0 Å². The Hall–Kier alpha value is 0.1000. The zero-order chi connectivity index (χ0) is 11.3. The van der Waals surface area contributed by atoms with E-state index in [2.05, 4.69) is 59.3 Å². The third-order valence-corrected chi connectivity index (χ3v) is 4.06. The van der Waals surface area contributed by atoms with E-state index in [0.29, 0.717) is 6.04 Å². The van der Waals surface area contributed by atoms with Crippen LogP contribution in [0.2, 0.25) is 0 Å². The van der Waals surface area contributed by atoms with Gasteiger partial charge in [-0.15, -0.1) is 11.3 Å². The van der Waals surface area contributed by atoms with Gasteiger partial charge in [0, 0.05) is 10.9 Å². The number of nitrogens with one attached hydrogen (secondary N) is 1. The molecule has 0 aliphatic rings. The highest BCUT2D eigenvalue weighted by atomic mass is 79.9. The fourth-order valence-electron chi connectivity index (χ4n) is 1.38. The molecule has 1 heterocycles. The Bertz CT molecular complexity index is 286. The van der Waals surface area contributed by atoms with Gasteiger partial charge < -0.3 is 10.2 Å². The fourth-order valence-corrected chi connectivity index (χ4v) is 2.83. The van der Waals surface area contributed by atoms with E-state index in [9.17, 15) is 0 Å². The molecule has 0 amide bonds. The van der Waals surface area contributed by atoms with Crippen LogP contribution in [0.15, 0.2) is 15.9 Å². The molecule has 86 valence electrons. The average Bonchev–Trinajstić information content (AvgIpc) is 2.59. The first-order valence-corrected chi connectivity index (χ1v) is 6.84. The van der Waals surface area contributed by atoms with Gasteiger partial charge in [-0.3, -0.25) is 0 Å². The normalized spacial score (nSPS) is 13.4. The molecular weight excluding hydrogens is 272 g/mol. The molecule has 0 unspecified atom stereocenters. The van der Waals surface area contributed by atoms with Crippen molar-refractivity contribution in [1.29, 1.82) is 0 Å². The van der Waals surface area contributed by atoms with E-state index in [1.807, 2.05) is 0 Å². The largest absolute Gasteiger partial charge is 0.309 e. The summed E-state index contributed by atoms with van der Waals surface area (Å²) in [5.74, 6) is 0. The zero-order valence-corrected chi connectivity index (χ0v) is 12.0. The van der Waals surface area contributed by atoms with Crippen LogP contribution in [0.3, 0.4) is 0 Å². The van der Waals surface area contributed by atoms with Crippen molar-refractivity contribution in [3.05, 3.63) is 20.8 Å². The van der Waals surface area contributed by atoms with Gasteiger partial charge in [-0.25, -0.2) is 0 Å². The van der Waals surface area contributed by atoms with E-state index in [1.54, 1.807) is 11.3 Å². The molecule has 1 aromatic heterocycles. The molecule has 4 heteroatoms. The quantitative estimate of drug-likeness (QED) is 0.810. The summed E-state index contributed by atoms with van der Waals surface area (Å²) in [5.41, 5.74) is 0. The highest BCUT2D eigenvalue weighted by molar-refractivity contribution is 9.11. The summed E-state index contributed by atoms with van der Waals surface area (Å²) in [6, 6.07) is 4.75. The fraction of sp³-hybridized carbons (Fsp3) is 0.636. The van der Waals surface area contributed by atoms with Gasteiger partial charge in [-0.1, -0.05) is 0 Å². The van der Waals surface area contributed by atoms with Gasteiger partial charge >= 0.3 is 0 Å². The first-order chi connectivity index (χ1) is 7.09. The van der Waals surface area contributed by atoms with Crippen molar-refractivity contribution < 1.29 is 0 Å². The molecule has 1 atom stereocenters. The molecule has 0 aliphatic heterocycles. The molecule has 0 saturated carbocycles. The lowest BCUT2D eigenvalue weighted by molar-refractivity contribution is 0.389. The lowest BCUT2D eigenvalue weighted by Crippen LogP contribution is -2.23. The average molecular weight is 291 g/mol. The summed E-state index contributed by atoms with van der Waals surface area (Å²) in [5, 5.41) is 3.53. The van der Waals surface area contributed by atoms with Crippen LogP contribution in [-0.2, 0) is 0 Å². The molecule has 0 aliphatic carbocycles. The number of halogens is 1. The minimum atomic E-state index is 0.462. The monoisotopic (exact) mass is 290 g/mol. The highest BCUT2D eigenvalue weighted by Gasteiger charge is 2.06. The third kappa shape index (κ3) is 5.11. The lowest BCUT2D eigenvalue weighted by atomic mass is 10.2. The van der Waals surface area contributed by atoms with E-state index in [0.717, 1.165) is 13.1 Å². The van der Waals surface area contributed by atoms with Crippen molar-refractivity contribution in [2.24, 2.45) is 0 Å². The molecule has 15 heavy (non-hydrogen) atoms. The minimum Gasteiger partial charge on any atom is -0.309 e. The third-order valence-electron chi connectivity index (χ3n) is 2.25. The first-order valence-electron chi connectivity index (χ1n) is 5.23. The first kappa shape index (κ1) is 13.2. The Morgan fingerprint density at radius 3 is 2.73 bits per heavy atom. The lowest BCUT2D eigenvalue weighted by Gasteiger charge is -2.13. The number of hydrogen-bond donors (Lipinski definition) is 1. The standard InChI is InChI=1S/C11H19BrN2S/c1-9(10-5-6-11(12)15-10)13-7-4-8-14(2)3/h5-6,9,13H,4,7-8H2,1-3H3/t9-/m1/s1. The maximum absolute atomic E-state index is 3.53. The van der Waals surface area contributed by atoms with Crippen molar-refractivity contribution in [1.82, 2.24) is 10.2 Å². The zero-order valence-electron chi connectivity index (χ0n) is 9.59. The summed E-state index contributed by atoms with van der Waals surface area (Å²) in [7, 11) is 4.22. The second-order valence-corrected chi connectivity index (χ2v) is 6.47. The van der Waals surface area contributed by atoms with E-state index in [-0.39, 0.29) is 0 Å². The topological polar surface area (TPSA) is 15.3 Å². The summed E-state index contributed by atoms with van der Waals surface area (Å²) < 4.78 is 1.21. The SMILES string of the molecule is C[C@@H](NCCCN(C)C)c1ccc(Br)s1. The van der Waals surface area contributed by atoms with Crippen LogP contribution in [0.1, 0.15) is 24.3 Å². The van der Waals surface area contributed by atoms with E-state index >= 15 is 0 Å². The maximum atomic E-state index is 3.53. The Morgan fingerprint density at radius 2 is 2.20 bits per heavy atom. The Labute approximate surface area is 105 Å². The van der Waals surface area contributed by atoms with Crippen LogP contribution in [0.5, 0.6) is 0 Å². The second kappa shape index (κ2) is 6.63. The summed E-state index contributed by atoms with van der Waals surface area (Å²) in [6.45, 7) is 4.44. The van der Waals surface area contributed by atoms with Crippen LogP contribution >= 0.6 is 27.3 Å². The van der Waals surface area contributed by atoms with Crippen molar-refractivity contribution in [3.8, 4) is 0 Å². The number of nitrogens with zero attached hydrogens (tertiary/aromatic N) is 1. The summed E-state index contributed by atoms with van der Waals surface area (Å²) >= 11 is 5.29. The Morgan fingerprint density at radius 1 is 1.47 bits per heavy atom. The number of rotatable bonds is 6. The minimum absolute atomic E-state index is 0.462. The molecule has 0 radical (unpaired) electrons. The van der Waals surface area contributed by atoms with Crippen molar-refractivity contribution in [2.75, 3.05) is 27.2 Å². The number of hydrogen-bond acceptors (Lipinski definition) is 3. The molecule has 0 aromatic carbocycles. The van der Waals surface area contributed by atoms with E-state index < -0.39 is 0 Å². The molecule has 0 fully saturated rings. The maximum Gasteiger partial charge on any atom is 0.0701 e. The number of thiophene rings is 1. The van der Waals surface area contributed by atoms with Gasteiger partial charge in [0.05, 0.1) is 3.79 Å². The van der Waals surface area contributed by atoms with Gasteiger partial charge in [0.15, 0.2) is 0 Å². The van der Waals surface area contributed by atoms with Gasteiger partial charge in [0.1, 0.15) is 0 Å². The van der Waals surface area contributed by atoms with Crippen LogP contribution in [0, 0.1) is 0 Å². The second-order valence-electron chi connectivity index (χ2n) is 3.97. The molecule has 1 aromatic rings. The molecular formula is C11H19BrN2S. The molecule has 1 N–H and O–H groups in total. The molecule has 0 spiro atoms. The summed E-state index contributed by atoms with van der Waals surface area (Å²) in [4.78, 5) is 3.61. The highest BCUT2D eigenvalue weighted by Crippen LogP contribution is 2.26. The van der Waals surface area contributed by atoms with Crippen LogP contribution < -0.4 is 5.32 Å². The molecule has 0 saturated heterocycles. The van der Waals surface area contributed by atoms with Crippen LogP contribution in [0.4, 0.5) is 0 Å². The van der Waals surface area contributed by atoms with Crippen LogP contribution in [0.25, 0.3) is 0 Å². The Balaban J connectivity index is 2.21. The summed E-state index contributed by atoms with van der Waals surface area (Å²) in [6.07, 6.45) is 1.20. The Kier molecular flexibility index (Phi) is 5.82. The van der Waals surface area contributed by atoms with Crippen molar-refractivity contribution >= 4 is 27.3 Å². The molecule has 1 rings (SSSR count). The molecule has 2 nitrogen and oxygen atoms in total. The van der Waals surface area contributed by atoms with Gasteiger partial charge in [0.2, 0.25) is 0 Å². The van der Waals surface area contributed by atoms with Crippen LogP contribution in [-0.4, -0.2) is 32.1 Å². The van der Waals surface area contributed by atoms with E-state index in [4.69, 9.17) is 0 Å². The van der Waals surface area contributed by atoms with E-state index in [1.165, 1.54) is 15.1 Å². The van der Waals surface area contributed by atoms with Crippen molar-refractivity contribution in [3.63, 3.8) is 0 Å². The van der Waals surface area contributed by atoms with Gasteiger partial charge in [-0.05, 0) is 68.6 Å². The molecule has 0 bridgehead atoms. The van der Waals surface area contributed by atoms with Gasteiger partial charge in [0.25, 0.3) is 0 Å². The predicted octanol–water partition coefficient (Wildman–Crippen LogP) is 3.11. The smallest absolute Gasteiger partial charge is 0.0701 e. The van der Waals surface area contributed by atoms with Crippen molar-refractivity contribution in [2.45, 2.75) is 19.4 Å².